The minimum atomic E-state index is -0.490. The Hall–Kier alpha value is -4.46. The summed E-state index contributed by atoms with van der Waals surface area (Å²) in [7, 11) is 1.36. The monoisotopic (exact) mass is 552 g/mol. The SMILES string of the molecule is CCC[C@@H](NC(=O)c1ccc(-c2cc(Cl)ccc2-c2nc3ccccc3[nH]2)c(C(=O)NOC)c1)c1ccccc1. The van der Waals surface area contributed by atoms with E-state index in [0.717, 1.165) is 35.0 Å². The second-order valence-corrected chi connectivity index (χ2v) is 9.85. The molecule has 1 heterocycles. The van der Waals surface area contributed by atoms with Gasteiger partial charge < -0.3 is 10.3 Å². The number of H-pyrrole nitrogens is 1. The van der Waals surface area contributed by atoms with Gasteiger partial charge in [-0.05, 0) is 65.6 Å². The molecular weight excluding hydrogens is 524 g/mol. The number of hydrogen-bond acceptors (Lipinski definition) is 4. The fourth-order valence-corrected chi connectivity index (χ4v) is 4.99. The minimum absolute atomic E-state index is 0.151. The first-order valence-electron chi connectivity index (χ1n) is 13.1. The van der Waals surface area contributed by atoms with Crippen molar-refractivity contribution >= 4 is 34.4 Å². The van der Waals surface area contributed by atoms with E-state index in [2.05, 4.69) is 22.7 Å². The third-order valence-electron chi connectivity index (χ3n) is 6.72. The fraction of sp³-hybridized carbons (Fsp3) is 0.156. The molecule has 202 valence electrons. The number of fused-ring (bicyclic) bond motifs is 1. The molecule has 3 N–H and O–H groups in total. The summed E-state index contributed by atoms with van der Waals surface area (Å²) in [5.41, 5.74) is 7.79. The lowest BCUT2D eigenvalue weighted by Crippen LogP contribution is -2.29. The Morgan fingerprint density at radius 2 is 1.65 bits per heavy atom. The molecule has 0 fully saturated rings. The number of benzene rings is 4. The molecule has 0 bridgehead atoms. The Bertz CT molecular complexity index is 1630. The van der Waals surface area contributed by atoms with Crippen LogP contribution in [0.3, 0.4) is 0 Å². The maximum absolute atomic E-state index is 13.4. The van der Waals surface area contributed by atoms with Crippen molar-refractivity contribution in [2.24, 2.45) is 0 Å². The van der Waals surface area contributed by atoms with Gasteiger partial charge in [0.2, 0.25) is 0 Å². The van der Waals surface area contributed by atoms with Crippen LogP contribution in [0.1, 0.15) is 52.1 Å². The van der Waals surface area contributed by atoms with E-state index in [4.69, 9.17) is 21.4 Å². The molecule has 5 rings (SSSR count). The molecule has 7 nitrogen and oxygen atoms in total. The summed E-state index contributed by atoms with van der Waals surface area (Å²) in [6.45, 7) is 2.08. The molecule has 1 atom stereocenters. The van der Waals surface area contributed by atoms with Gasteiger partial charge in [-0.25, -0.2) is 10.5 Å². The van der Waals surface area contributed by atoms with Crippen molar-refractivity contribution in [1.29, 1.82) is 0 Å². The lowest BCUT2D eigenvalue weighted by atomic mass is 9.92. The van der Waals surface area contributed by atoms with Crippen LogP contribution in [0.25, 0.3) is 33.5 Å². The molecule has 0 saturated carbocycles. The van der Waals surface area contributed by atoms with Crippen LogP contribution in [0.15, 0.2) is 91.0 Å². The number of amides is 2. The van der Waals surface area contributed by atoms with Gasteiger partial charge in [0.25, 0.3) is 11.8 Å². The predicted octanol–water partition coefficient (Wildman–Crippen LogP) is 7.11. The Balaban J connectivity index is 1.57. The zero-order valence-electron chi connectivity index (χ0n) is 22.2. The van der Waals surface area contributed by atoms with Crippen LogP contribution < -0.4 is 10.8 Å². The first kappa shape index (κ1) is 27.1. The number of halogens is 1. The molecular formula is C32H29ClN4O3. The van der Waals surface area contributed by atoms with E-state index < -0.39 is 5.91 Å². The van der Waals surface area contributed by atoms with Crippen molar-refractivity contribution in [3.8, 4) is 22.5 Å². The highest BCUT2D eigenvalue weighted by molar-refractivity contribution is 6.31. The quantitative estimate of drug-likeness (QED) is 0.170. The third kappa shape index (κ3) is 5.76. The van der Waals surface area contributed by atoms with Crippen LogP contribution in [0, 0.1) is 0 Å². The summed E-state index contributed by atoms with van der Waals surface area (Å²) < 4.78 is 0. The lowest BCUT2D eigenvalue weighted by molar-refractivity contribution is 0.0538. The minimum Gasteiger partial charge on any atom is -0.345 e. The Morgan fingerprint density at radius 3 is 2.40 bits per heavy atom. The number of para-hydroxylation sites is 2. The highest BCUT2D eigenvalue weighted by Crippen LogP contribution is 2.36. The van der Waals surface area contributed by atoms with E-state index in [0.29, 0.717) is 27.5 Å². The van der Waals surface area contributed by atoms with Crippen molar-refractivity contribution in [2.45, 2.75) is 25.8 Å². The van der Waals surface area contributed by atoms with Crippen molar-refractivity contribution < 1.29 is 14.4 Å². The molecule has 8 heteroatoms. The van der Waals surface area contributed by atoms with Crippen LogP contribution in [-0.4, -0.2) is 28.9 Å². The van der Waals surface area contributed by atoms with Crippen molar-refractivity contribution in [1.82, 2.24) is 20.8 Å². The van der Waals surface area contributed by atoms with E-state index in [1.54, 1.807) is 30.3 Å². The van der Waals surface area contributed by atoms with Gasteiger partial charge in [0.1, 0.15) is 5.82 Å². The standard InChI is InChI=1S/C32H29ClN4O3/c1-3-9-27(20-10-5-4-6-11-20)36-31(38)21-14-16-23(26(18-21)32(39)37-40-2)25-19-22(33)15-17-24(25)30-34-28-12-7-8-13-29(28)35-30/h4-8,10-19,27H,3,9H2,1-2H3,(H,34,35)(H,36,38)(H,37,39)/t27-/m1/s1. The van der Waals surface area contributed by atoms with Crippen molar-refractivity contribution in [2.75, 3.05) is 7.11 Å². The number of aromatic amines is 1. The molecule has 1 aromatic heterocycles. The van der Waals surface area contributed by atoms with E-state index in [1.807, 2.05) is 60.7 Å². The molecule has 5 aromatic rings. The summed E-state index contributed by atoms with van der Waals surface area (Å²) in [6, 6.07) is 27.9. The molecule has 40 heavy (non-hydrogen) atoms. The van der Waals surface area contributed by atoms with Gasteiger partial charge in [0, 0.05) is 16.1 Å². The Kier molecular flexibility index (Phi) is 8.24. The molecule has 0 spiro atoms. The Morgan fingerprint density at radius 1 is 0.900 bits per heavy atom. The molecule has 0 aliphatic heterocycles. The number of rotatable bonds is 9. The second-order valence-electron chi connectivity index (χ2n) is 9.41. The van der Waals surface area contributed by atoms with Crippen LogP contribution in [-0.2, 0) is 4.84 Å². The number of nitrogens with one attached hydrogen (secondary N) is 3. The number of imidazole rings is 1. The van der Waals surface area contributed by atoms with Gasteiger partial charge in [-0.1, -0.05) is 73.5 Å². The van der Waals surface area contributed by atoms with E-state index in [9.17, 15) is 9.59 Å². The third-order valence-corrected chi connectivity index (χ3v) is 6.96. The fourth-order valence-electron chi connectivity index (χ4n) is 4.82. The van der Waals surface area contributed by atoms with Crippen molar-refractivity contribution in [3.05, 3.63) is 113 Å². The maximum atomic E-state index is 13.4. The predicted molar refractivity (Wildman–Crippen MR) is 158 cm³/mol. The van der Waals surface area contributed by atoms with Crippen molar-refractivity contribution in [3.63, 3.8) is 0 Å². The summed E-state index contributed by atoms with van der Waals surface area (Å²) in [5.74, 6) is -0.127. The first-order chi connectivity index (χ1) is 19.5. The van der Waals surface area contributed by atoms with E-state index >= 15 is 0 Å². The zero-order valence-corrected chi connectivity index (χ0v) is 23.0. The van der Waals surface area contributed by atoms with Crippen LogP contribution >= 0.6 is 11.6 Å². The van der Waals surface area contributed by atoms with E-state index in [-0.39, 0.29) is 17.5 Å². The number of carbonyl (C=O) groups excluding carboxylic acids is 2. The molecule has 0 unspecified atom stereocenters. The summed E-state index contributed by atoms with van der Waals surface area (Å²) in [6.07, 6.45) is 1.69. The van der Waals surface area contributed by atoms with Crippen LogP contribution in [0.5, 0.6) is 0 Å². The average Bonchev–Trinajstić information content (AvgIpc) is 3.41. The largest absolute Gasteiger partial charge is 0.345 e. The topological polar surface area (TPSA) is 96.1 Å². The summed E-state index contributed by atoms with van der Waals surface area (Å²) in [4.78, 5) is 39.7. The average molecular weight is 553 g/mol. The van der Waals surface area contributed by atoms with Crippen LogP contribution in [0.2, 0.25) is 5.02 Å². The molecule has 0 radical (unpaired) electrons. The number of aromatic nitrogens is 2. The maximum Gasteiger partial charge on any atom is 0.275 e. The molecule has 0 aliphatic carbocycles. The first-order valence-corrected chi connectivity index (χ1v) is 13.4. The Labute approximate surface area is 237 Å². The van der Waals surface area contributed by atoms with Gasteiger partial charge in [-0.2, -0.15) is 0 Å². The smallest absolute Gasteiger partial charge is 0.275 e. The zero-order chi connectivity index (χ0) is 28.1. The number of carbonyl (C=O) groups is 2. The molecule has 4 aromatic carbocycles. The summed E-state index contributed by atoms with van der Waals surface area (Å²) >= 11 is 6.43. The highest BCUT2D eigenvalue weighted by atomic mass is 35.5. The lowest BCUT2D eigenvalue weighted by Gasteiger charge is -2.19. The van der Waals surface area contributed by atoms with Crippen LogP contribution in [0.4, 0.5) is 0 Å². The highest BCUT2D eigenvalue weighted by Gasteiger charge is 2.22. The van der Waals surface area contributed by atoms with Gasteiger partial charge >= 0.3 is 0 Å². The van der Waals surface area contributed by atoms with Gasteiger partial charge in [-0.15, -0.1) is 0 Å². The van der Waals surface area contributed by atoms with Gasteiger partial charge in [-0.3, -0.25) is 14.4 Å². The number of hydrogen-bond donors (Lipinski definition) is 3. The molecule has 2 amide bonds. The number of nitrogens with zero attached hydrogens (tertiary/aromatic N) is 1. The molecule has 0 aliphatic rings. The number of hydroxylamine groups is 1. The molecule has 0 saturated heterocycles. The summed E-state index contributed by atoms with van der Waals surface area (Å²) in [5, 5.41) is 3.63. The van der Waals surface area contributed by atoms with E-state index in [1.165, 1.54) is 7.11 Å². The van der Waals surface area contributed by atoms with Gasteiger partial charge in [0.15, 0.2) is 0 Å². The second kappa shape index (κ2) is 12.2. The normalized spacial score (nSPS) is 11.8. The van der Waals surface area contributed by atoms with Gasteiger partial charge in [0.05, 0.1) is 29.7 Å².